The summed E-state index contributed by atoms with van der Waals surface area (Å²) in [6, 6.07) is 3.62. The van der Waals surface area contributed by atoms with E-state index in [-0.39, 0.29) is 48.6 Å². The number of carbonyl (C=O) groups excluding carboxylic acids is 2. The molecule has 0 aromatic carbocycles. The van der Waals surface area contributed by atoms with Gasteiger partial charge in [-0.15, -0.1) is 0 Å². The number of pyridine rings is 2. The van der Waals surface area contributed by atoms with E-state index in [1.54, 1.807) is 43.8 Å². The fourth-order valence-corrected chi connectivity index (χ4v) is 7.07. The summed E-state index contributed by atoms with van der Waals surface area (Å²) in [7, 11) is -2.77. The zero-order valence-corrected chi connectivity index (χ0v) is 27.0. The maximum absolute atomic E-state index is 13.5. The molecule has 242 valence electrons. The van der Waals surface area contributed by atoms with Gasteiger partial charge in [-0.2, -0.15) is 17.7 Å². The summed E-state index contributed by atoms with van der Waals surface area (Å²) in [5.41, 5.74) is 0.661. The average Bonchev–Trinajstić information content (AvgIpc) is 3.54. The largest absolute Gasteiger partial charge is 0.469 e. The Kier molecular flexibility index (Phi) is 9.23. The van der Waals surface area contributed by atoms with Crippen LogP contribution in [0.3, 0.4) is 0 Å². The lowest BCUT2D eigenvalue weighted by atomic mass is 9.95. The van der Waals surface area contributed by atoms with Crippen LogP contribution in [0.25, 0.3) is 11.0 Å². The Morgan fingerprint density at radius 1 is 1.07 bits per heavy atom. The molecular weight excluding hydrogens is 602 g/mol. The van der Waals surface area contributed by atoms with E-state index in [0.29, 0.717) is 35.5 Å². The van der Waals surface area contributed by atoms with Crippen molar-refractivity contribution < 1.29 is 26.9 Å². The molecule has 0 spiro atoms. The van der Waals surface area contributed by atoms with E-state index in [2.05, 4.69) is 15.3 Å². The molecule has 0 unspecified atom stereocenters. The van der Waals surface area contributed by atoms with E-state index >= 15 is 0 Å². The van der Waals surface area contributed by atoms with Crippen molar-refractivity contribution >= 4 is 50.5 Å². The number of ether oxygens (including phenoxy) is 1. The second-order valence-electron chi connectivity index (χ2n) is 12.1. The number of nitrogens with one attached hydrogen (secondary N) is 1. The lowest BCUT2D eigenvalue weighted by Gasteiger charge is -2.35. The molecule has 0 atom stereocenters. The molecule has 2 aliphatic rings. The number of hydrogen-bond donors (Lipinski definition) is 1. The van der Waals surface area contributed by atoms with Crippen LogP contribution in [0, 0.1) is 12.3 Å². The maximum atomic E-state index is 13.5. The molecule has 3 aromatic rings. The minimum absolute atomic E-state index is 0.0208. The predicted octanol–water partition coefficient (Wildman–Crippen LogP) is 3.14. The number of esters is 1. The number of aryl methyl sites for hydroxylation is 1. The Morgan fingerprint density at radius 3 is 2.36 bits per heavy atom. The van der Waals surface area contributed by atoms with Gasteiger partial charge in [-0.25, -0.2) is 9.97 Å². The Morgan fingerprint density at radius 2 is 1.76 bits per heavy atom. The molecule has 0 radical (unpaired) electrons. The Bertz CT molecular complexity index is 1760. The third kappa shape index (κ3) is 6.70. The summed E-state index contributed by atoms with van der Waals surface area (Å²) < 4.78 is 38.3. The molecule has 0 amide bonds. The number of anilines is 3. The smallest absolute Gasteiger partial charge is 0.338 e. The van der Waals surface area contributed by atoms with Crippen LogP contribution in [0.1, 0.15) is 68.4 Å². The highest BCUT2D eigenvalue weighted by Crippen LogP contribution is 2.32. The molecular formula is C30H39N7O7S. The number of methoxy groups -OCH3 is 1. The van der Waals surface area contributed by atoms with Gasteiger partial charge in [0.1, 0.15) is 11.5 Å². The monoisotopic (exact) mass is 641 g/mol. The van der Waals surface area contributed by atoms with Gasteiger partial charge in [-0.3, -0.25) is 23.1 Å². The number of piperazine rings is 1. The maximum Gasteiger partial charge on any atom is 0.338 e. The summed E-state index contributed by atoms with van der Waals surface area (Å²) >= 11 is 0. The first-order chi connectivity index (χ1) is 21.3. The average molecular weight is 642 g/mol. The second-order valence-corrected chi connectivity index (χ2v) is 13.7. The Labute approximate surface area is 262 Å². The van der Waals surface area contributed by atoms with Crippen molar-refractivity contribution in [2.24, 2.45) is 5.41 Å². The topological polar surface area (TPSA) is 166 Å². The van der Waals surface area contributed by atoms with Gasteiger partial charge in [-0.05, 0) is 58.2 Å². The summed E-state index contributed by atoms with van der Waals surface area (Å²) in [4.78, 5) is 53.4. The van der Waals surface area contributed by atoms with Crippen LogP contribution in [0.5, 0.6) is 0 Å². The third-order valence-electron chi connectivity index (χ3n) is 8.46. The van der Waals surface area contributed by atoms with Crippen molar-refractivity contribution in [1.29, 1.82) is 0 Å². The molecule has 2 fully saturated rings. The van der Waals surface area contributed by atoms with Crippen LogP contribution in [-0.2, 0) is 24.0 Å². The van der Waals surface area contributed by atoms with Gasteiger partial charge in [0.2, 0.25) is 5.95 Å². The molecule has 15 heteroatoms. The van der Waals surface area contributed by atoms with Crippen molar-refractivity contribution in [3.63, 3.8) is 0 Å². The molecule has 5 rings (SSSR count). The molecule has 1 aliphatic heterocycles. The van der Waals surface area contributed by atoms with E-state index in [9.17, 15) is 22.8 Å². The number of rotatable bonds is 10. The number of aromatic nitrogens is 4. The van der Waals surface area contributed by atoms with Crippen molar-refractivity contribution in [2.75, 3.05) is 50.1 Å². The first kappa shape index (κ1) is 32.4. The van der Waals surface area contributed by atoms with Gasteiger partial charge < -0.3 is 15.0 Å². The molecule has 1 saturated carbocycles. The number of nitrogens with zero attached hydrogens (tertiary/aromatic N) is 6. The first-order valence-corrected chi connectivity index (χ1v) is 16.3. The van der Waals surface area contributed by atoms with Crippen LogP contribution in [-0.4, -0.2) is 83.9 Å². The van der Waals surface area contributed by atoms with Crippen LogP contribution in [0.2, 0.25) is 0 Å². The minimum atomic E-state index is -4.02. The van der Waals surface area contributed by atoms with Gasteiger partial charge in [0, 0.05) is 43.8 Å². The predicted molar refractivity (Wildman–Crippen MR) is 168 cm³/mol. The third-order valence-corrected chi connectivity index (χ3v) is 9.88. The SMILES string of the molecule is COC(=O)C(C)(C)COS(=O)(=O)N1CCN(c2ccc(Nc3ncc4c(C)c(C(C)=O)c(=O)n(C5CCCC5)c4n3)nc2)CC1. The lowest BCUT2D eigenvalue weighted by Crippen LogP contribution is -2.49. The standard InChI is InChI=1S/C30H39N7O7S/c1-19-23-17-32-29(34-26(23)37(21-8-6-7-9-21)27(39)25(19)20(2)38)33-24-11-10-22(16-31-24)35-12-14-36(15-13-35)45(41,42)44-18-30(3,4)28(40)43-5/h10-11,16-17,21H,6-9,12-15,18H2,1-5H3,(H,31,32,33,34). The number of Topliss-reactive ketones (excluding diaryl/α,β-unsaturated/α-hetero) is 1. The van der Waals surface area contributed by atoms with Crippen molar-refractivity contribution in [3.05, 3.63) is 46.0 Å². The molecule has 3 aromatic heterocycles. The summed E-state index contributed by atoms with van der Waals surface area (Å²) in [6.45, 7) is 7.22. The number of ketones is 1. The van der Waals surface area contributed by atoms with Crippen LogP contribution >= 0.6 is 0 Å². The second kappa shape index (κ2) is 12.8. The zero-order valence-electron chi connectivity index (χ0n) is 26.2. The first-order valence-electron chi connectivity index (χ1n) is 15.0. The highest BCUT2D eigenvalue weighted by atomic mass is 32.2. The van der Waals surface area contributed by atoms with E-state index in [4.69, 9.17) is 13.9 Å². The van der Waals surface area contributed by atoms with Gasteiger partial charge in [0.15, 0.2) is 5.78 Å². The molecule has 1 aliphatic carbocycles. The summed E-state index contributed by atoms with van der Waals surface area (Å²) in [5.74, 6) is -0.0534. The van der Waals surface area contributed by atoms with Crippen LogP contribution in [0.15, 0.2) is 29.3 Å². The van der Waals surface area contributed by atoms with E-state index in [1.807, 2.05) is 11.0 Å². The van der Waals surface area contributed by atoms with E-state index < -0.39 is 21.7 Å². The highest BCUT2D eigenvalue weighted by Gasteiger charge is 2.34. The van der Waals surface area contributed by atoms with Crippen LogP contribution < -0.4 is 15.8 Å². The minimum Gasteiger partial charge on any atom is -0.469 e. The van der Waals surface area contributed by atoms with Gasteiger partial charge in [0.25, 0.3) is 5.56 Å². The fraction of sp³-hybridized carbons (Fsp3) is 0.533. The molecule has 14 nitrogen and oxygen atoms in total. The zero-order chi connectivity index (χ0) is 32.5. The van der Waals surface area contributed by atoms with Gasteiger partial charge >= 0.3 is 16.3 Å². The number of fused-ring (bicyclic) bond motifs is 1. The molecule has 1 saturated heterocycles. The van der Waals surface area contributed by atoms with Gasteiger partial charge in [0.05, 0.1) is 36.6 Å². The van der Waals surface area contributed by atoms with Crippen molar-refractivity contribution in [1.82, 2.24) is 23.8 Å². The fourth-order valence-electron chi connectivity index (χ4n) is 5.87. The normalized spacial score (nSPS) is 16.7. The Balaban J connectivity index is 1.27. The van der Waals surface area contributed by atoms with E-state index in [1.165, 1.54) is 18.3 Å². The quantitative estimate of drug-likeness (QED) is 0.254. The van der Waals surface area contributed by atoms with E-state index in [0.717, 1.165) is 31.4 Å². The summed E-state index contributed by atoms with van der Waals surface area (Å²) in [5, 5.41) is 3.78. The Hall–Kier alpha value is -3.95. The molecule has 1 N–H and O–H groups in total. The molecule has 4 heterocycles. The molecule has 45 heavy (non-hydrogen) atoms. The highest BCUT2D eigenvalue weighted by molar-refractivity contribution is 7.84. The summed E-state index contributed by atoms with van der Waals surface area (Å²) in [6.07, 6.45) is 7.06. The number of hydrogen-bond acceptors (Lipinski definition) is 12. The molecule has 0 bridgehead atoms. The lowest BCUT2D eigenvalue weighted by molar-refractivity contribution is -0.152. The van der Waals surface area contributed by atoms with Gasteiger partial charge in [-0.1, -0.05) is 12.8 Å². The number of carbonyl (C=O) groups is 2. The van der Waals surface area contributed by atoms with Crippen LogP contribution in [0.4, 0.5) is 17.5 Å². The van der Waals surface area contributed by atoms with Crippen molar-refractivity contribution in [3.8, 4) is 0 Å². The van der Waals surface area contributed by atoms with Crippen molar-refractivity contribution in [2.45, 2.75) is 59.4 Å².